The van der Waals surface area contributed by atoms with Crippen molar-refractivity contribution in [2.75, 3.05) is 4.90 Å². The maximum absolute atomic E-state index is 12.8. The van der Waals surface area contributed by atoms with Crippen LogP contribution in [0, 0.1) is 6.92 Å². The van der Waals surface area contributed by atoms with Gasteiger partial charge in [-0.15, -0.1) is 0 Å². The van der Waals surface area contributed by atoms with Gasteiger partial charge >= 0.3 is 0 Å². The average Bonchev–Trinajstić information content (AvgIpc) is 2.69. The van der Waals surface area contributed by atoms with Crippen molar-refractivity contribution in [3.63, 3.8) is 0 Å². The van der Waals surface area contributed by atoms with E-state index < -0.39 is 0 Å². The Morgan fingerprint density at radius 2 is 1.75 bits per heavy atom. The van der Waals surface area contributed by atoms with Gasteiger partial charge in [-0.3, -0.25) is 14.5 Å². The summed E-state index contributed by atoms with van der Waals surface area (Å²) in [4.78, 5) is 26.9. The number of fused-ring (bicyclic) bond motifs is 3. The molecule has 0 saturated carbocycles. The summed E-state index contributed by atoms with van der Waals surface area (Å²) in [6.07, 6.45) is 4.83. The average molecular weight is 319 g/mol. The summed E-state index contributed by atoms with van der Waals surface area (Å²) in [7, 11) is 0. The third-order valence-corrected chi connectivity index (χ3v) is 5.10. The van der Waals surface area contributed by atoms with Crippen molar-refractivity contribution in [3.05, 3.63) is 58.7 Å². The second-order valence-corrected chi connectivity index (χ2v) is 6.87. The summed E-state index contributed by atoms with van der Waals surface area (Å²) in [5.41, 5.74) is 6.59. The van der Waals surface area contributed by atoms with E-state index in [-0.39, 0.29) is 18.1 Å². The molecule has 0 saturated heterocycles. The molecule has 2 aliphatic rings. The lowest BCUT2D eigenvalue weighted by Crippen LogP contribution is -2.26. The monoisotopic (exact) mass is 319 g/mol. The molecule has 0 atom stereocenters. The smallest absolute Gasteiger partial charge is 0.239 e. The first-order valence-electron chi connectivity index (χ1n) is 8.68. The number of carbonyl (C=O) groups is 2. The highest BCUT2D eigenvalue weighted by molar-refractivity contribution is 6.13. The van der Waals surface area contributed by atoms with Gasteiger partial charge in [0.05, 0.1) is 12.1 Å². The fourth-order valence-electron chi connectivity index (χ4n) is 3.99. The van der Waals surface area contributed by atoms with Crippen molar-refractivity contribution < 1.29 is 9.59 Å². The first-order chi connectivity index (χ1) is 11.6. The molecule has 1 aliphatic heterocycles. The largest absolute Gasteiger partial charge is 0.299 e. The molecule has 4 rings (SSSR count). The first-order valence-corrected chi connectivity index (χ1v) is 8.68. The Morgan fingerprint density at radius 3 is 2.58 bits per heavy atom. The fourth-order valence-corrected chi connectivity index (χ4v) is 3.99. The van der Waals surface area contributed by atoms with Gasteiger partial charge in [-0.05, 0) is 73.1 Å². The Kier molecular flexibility index (Phi) is 3.72. The topological polar surface area (TPSA) is 37.4 Å². The summed E-state index contributed by atoms with van der Waals surface area (Å²) in [6, 6.07) is 12.1. The van der Waals surface area contributed by atoms with E-state index in [2.05, 4.69) is 6.07 Å². The number of Topliss-reactive ketones (excluding diaryl/α,β-unsaturated/α-hetero) is 1. The second-order valence-electron chi connectivity index (χ2n) is 6.87. The molecule has 0 spiro atoms. The lowest BCUT2D eigenvalue weighted by atomic mass is 9.86. The molecule has 2 aromatic rings. The normalized spacial score (nSPS) is 17.3. The van der Waals surface area contributed by atoms with Crippen molar-refractivity contribution in [2.24, 2.45) is 0 Å². The molecule has 1 aliphatic carbocycles. The number of ketones is 1. The minimum Gasteiger partial charge on any atom is -0.299 e. The number of carbonyl (C=O) groups excluding carboxylic acids is 2. The molecule has 0 unspecified atom stereocenters. The van der Waals surface area contributed by atoms with Gasteiger partial charge in [-0.1, -0.05) is 18.2 Å². The molecule has 0 bridgehead atoms. The molecule has 0 radical (unpaired) electrons. The minimum absolute atomic E-state index is 0.0165. The van der Waals surface area contributed by atoms with E-state index in [1.807, 2.05) is 37.3 Å². The van der Waals surface area contributed by atoms with Crippen LogP contribution in [0.25, 0.3) is 0 Å². The number of nitrogens with zero attached hydrogens (tertiary/aromatic N) is 1. The van der Waals surface area contributed by atoms with E-state index >= 15 is 0 Å². The number of benzene rings is 2. The Labute approximate surface area is 142 Å². The van der Waals surface area contributed by atoms with Crippen LogP contribution in [-0.4, -0.2) is 11.7 Å². The molecule has 122 valence electrons. The van der Waals surface area contributed by atoms with Gasteiger partial charge in [-0.2, -0.15) is 0 Å². The predicted molar refractivity (Wildman–Crippen MR) is 94.7 cm³/mol. The zero-order chi connectivity index (χ0) is 16.7. The molecule has 1 amide bonds. The van der Waals surface area contributed by atoms with E-state index in [4.69, 9.17) is 0 Å². The van der Waals surface area contributed by atoms with Crippen LogP contribution in [0.1, 0.15) is 41.5 Å². The third-order valence-electron chi connectivity index (χ3n) is 5.10. The minimum atomic E-state index is -0.125. The van der Waals surface area contributed by atoms with Gasteiger partial charge in [0.2, 0.25) is 5.91 Å². The lowest BCUT2D eigenvalue weighted by Gasteiger charge is -2.27. The van der Waals surface area contributed by atoms with Gasteiger partial charge in [0.25, 0.3) is 0 Å². The van der Waals surface area contributed by atoms with Crippen LogP contribution in [0.15, 0.2) is 36.4 Å². The zero-order valence-corrected chi connectivity index (χ0v) is 14.0. The molecule has 3 heteroatoms. The Morgan fingerprint density at radius 1 is 0.917 bits per heavy atom. The van der Waals surface area contributed by atoms with Gasteiger partial charge < -0.3 is 0 Å². The molecular formula is C21H21NO2. The van der Waals surface area contributed by atoms with Crippen LogP contribution >= 0.6 is 0 Å². The first kappa shape index (κ1) is 15.1. The van der Waals surface area contributed by atoms with E-state index in [0.717, 1.165) is 41.8 Å². The van der Waals surface area contributed by atoms with Crippen LogP contribution in [-0.2, 0) is 28.9 Å². The number of hydrogen-bond donors (Lipinski definition) is 0. The van der Waals surface area contributed by atoms with Gasteiger partial charge in [0, 0.05) is 12.1 Å². The van der Waals surface area contributed by atoms with Crippen molar-refractivity contribution in [3.8, 4) is 0 Å². The Balaban J connectivity index is 1.92. The highest BCUT2D eigenvalue weighted by Crippen LogP contribution is 2.38. The summed E-state index contributed by atoms with van der Waals surface area (Å²) in [5.74, 6) is -0.101. The second kappa shape index (κ2) is 5.90. The number of anilines is 2. The van der Waals surface area contributed by atoms with E-state index in [1.54, 1.807) is 4.90 Å². The molecule has 0 N–H and O–H groups in total. The van der Waals surface area contributed by atoms with Crippen molar-refractivity contribution in [1.29, 1.82) is 0 Å². The maximum atomic E-state index is 12.8. The van der Waals surface area contributed by atoms with Crippen LogP contribution in [0.4, 0.5) is 11.4 Å². The van der Waals surface area contributed by atoms with Crippen LogP contribution in [0.2, 0.25) is 0 Å². The molecule has 0 fully saturated rings. The quantitative estimate of drug-likeness (QED) is 0.744. The van der Waals surface area contributed by atoms with Gasteiger partial charge in [-0.25, -0.2) is 0 Å². The van der Waals surface area contributed by atoms with Crippen LogP contribution in [0.5, 0.6) is 0 Å². The lowest BCUT2D eigenvalue weighted by molar-refractivity contribution is -0.125. The highest BCUT2D eigenvalue weighted by atomic mass is 16.2. The number of rotatable bonds is 1. The van der Waals surface area contributed by atoms with E-state index in [9.17, 15) is 9.59 Å². The van der Waals surface area contributed by atoms with Gasteiger partial charge in [0.1, 0.15) is 5.78 Å². The molecule has 1 heterocycles. The van der Waals surface area contributed by atoms with E-state index in [1.165, 1.54) is 17.5 Å². The summed E-state index contributed by atoms with van der Waals surface area (Å²) in [5, 5.41) is 0. The summed E-state index contributed by atoms with van der Waals surface area (Å²) >= 11 is 0. The van der Waals surface area contributed by atoms with Crippen molar-refractivity contribution in [2.45, 2.75) is 45.4 Å². The summed E-state index contributed by atoms with van der Waals surface area (Å²) in [6.45, 7) is 2.02. The summed E-state index contributed by atoms with van der Waals surface area (Å²) < 4.78 is 0. The zero-order valence-electron chi connectivity index (χ0n) is 14.0. The highest BCUT2D eigenvalue weighted by Gasteiger charge is 2.30. The number of amides is 1. The predicted octanol–water partition coefficient (Wildman–Crippen LogP) is 4.05. The standard InChI is InChI=1S/C21H21NO2/c1-14-5-4-7-16(11-14)22-20-10-9-15-6-2-3-8-18(15)19(20)12-17(23)13-21(22)24/h4-5,7,9-11H,2-3,6,8,12-13H2,1H3. The number of hydrogen-bond acceptors (Lipinski definition) is 2. The molecule has 24 heavy (non-hydrogen) atoms. The maximum Gasteiger partial charge on any atom is 0.239 e. The van der Waals surface area contributed by atoms with Crippen LogP contribution < -0.4 is 4.90 Å². The fraction of sp³-hybridized carbons (Fsp3) is 0.333. The third kappa shape index (κ3) is 2.54. The molecular weight excluding hydrogens is 298 g/mol. The SMILES string of the molecule is Cc1cccc(N2C(=O)CC(=O)Cc3c2ccc2c3CCCC2)c1. The Bertz CT molecular complexity index is 838. The van der Waals surface area contributed by atoms with E-state index in [0.29, 0.717) is 6.42 Å². The van der Waals surface area contributed by atoms with Gasteiger partial charge in [0.15, 0.2) is 0 Å². The number of aryl methyl sites for hydroxylation is 2. The van der Waals surface area contributed by atoms with Crippen LogP contribution in [0.3, 0.4) is 0 Å². The van der Waals surface area contributed by atoms with Crippen molar-refractivity contribution >= 4 is 23.1 Å². The Hall–Kier alpha value is -2.42. The molecule has 2 aromatic carbocycles. The molecule has 3 nitrogen and oxygen atoms in total. The van der Waals surface area contributed by atoms with Crippen molar-refractivity contribution in [1.82, 2.24) is 0 Å². The molecule has 0 aromatic heterocycles.